The zero-order valence-corrected chi connectivity index (χ0v) is 104. The summed E-state index contributed by atoms with van der Waals surface area (Å²) in [5.74, 6) is 8.86. The lowest BCUT2D eigenvalue weighted by molar-refractivity contribution is 0.529. The van der Waals surface area contributed by atoms with Crippen LogP contribution < -0.4 is 10.6 Å². The zero-order valence-electron chi connectivity index (χ0n) is 99.0. The highest BCUT2D eigenvalue weighted by Gasteiger charge is 2.21. The maximum Gasteiger partial charge on any atom is 0.232 e. The molecular weight excluding hydrogens is 1900 g/mol. The normalized spacial score (nSPS) is 11.7. The number of rotatable bonds is 119. The molecule has 0 aliphatic carbocycles. The van der Waals surface area contributed by atoms with E-state index in [1.807, 2.05) is 0 Å². The molecule has 0 aliphatic rings. The van der Waals surface area contributed by atoms with Gasteiger partial charge in [0.2, 0.25) is 11.9 Å². The fraction of sp³-hybridized carbons (Fsp3) is 0.838. The van der Waals surface area contributed by atoms with E-state index in [4.69, 9.17) is 15.0 Å². The molecule has 0 fully saturated rings. The van der Waals surface area contributed by atoms with Gasteiger partial charge in [0.05, 0.1) is 0 Å². The highest BCUT2D eigenvalue weighted by Crippen LogP contribution is 2.46. The Kier molecular flexibility index (Phi) is 103. The van der Waals surface area contributed by atoms with Crippen molar-refractivity contribution in [2.24, 2.45) is 0 Å². The Morgan fingerprint density at radius 1 is 0.170 bits per heavy atom. The molecule has 0 spiro atoms. The first kappa shape index (κ1) is 138. The summed E-state index contributed by atoms with van der Waals surface area (Å²) in [5, 5.41) is 7.99. The topological polar surface area (TPSA) is 62.7 Å². The number of thioether (sulfide) groups is 6. The van der Waals surface area contributed by atoms with Gasteiger partial charge in [-0.2, -0.15) is 15.0 Å². The summed E-state index contributed by atoms with van der Waals surface area (Å²) in [6, 6.07) is 18.6. The van der Waals surface area contributed by atoms with E-state index in [1.165, 1.54) is 696 Å². The van der Waals surface area contributed by atoms with E-state index in [1.54, 1.807) is 0 Å². The minimum Gasteiger partial charge on any atom is -0.324 e. The first-order valence-corrected chi connectivity index (χ1v) is 72.2. The number of hydrogen-bond donors (Lipinski definition) is 2. The van der Waals surface area contributed by atoms with Crippen molar-refractivity contribution in [3.63, 3.8) is 0 Å². The van der Waals surface area contributed by atoms with Gasteiger partial charge < -0.3 is 10.6 Å². The third kappa shape index (κ3) is 86.1. The van der Waals surface area contributed by atoms with Crippen LogP contribution in [0.2, 0.25) is 0 Å². The minimum atomic E-state index is 0.599. The molecule has 11 heteroatoms. The fourth-order valence-corrected chi connectivity index (χ4v) is 29.1. The average molecular weight is 2140 g/mol. The van der Waals surface area contributed by atoms with Crippen LogP contribution in [-0.2, 0) is 0 Å². The molecule has 2 N–H and O–H groups in total. The second-order valence-corrected chi connectivity index (χ2v) is 52.6. The van der Waals surface area contributed by atoms with E-state index >= 15 is 0 Å². The average Bonchev–Trinajstić information content (AvgIpc) is 0.798. The molecule has 3 aromatic carbocycles. The predicted molar refractivity (Wildman–Crippen MR) is 678 cm³/mol. The zero-order chi connectivity index (χ0) is 104. The molecule has 5 nitrogen and oxygen atoms in total. The van der Waals surface area contributed by atoms with Crippen LogP contribution in [0.4, 0.5) is 23.3 Å². The summed E-state index contributed by atoms with van der Waals surface area (Å²) in [5.41, 5.74) is 4.16. The van der Waals surface area contributed by atoms with Crippen LogP contribution in [0.3, 0.4) is 0 Å². The summed E-state index contributed by atoms with van der Waals surface area (Å²) in [4.78, 5) is 25.2. The van der Waals surface area contributed by atoms with Gasteiger partial charge in [-0.1, -0.05) is 682 Å². The van der Waals surface area contributed by atoms with E-state index in [0.29, 0.717) is 17.7 Å². The highest BCUT2D eigenvalue weighted by molar-refractivity contribution is 8.04. The highest BCUT2D eigenvalue weighted by atomic mass is 32.2. The number of unbranched alkanes of at least 4 members (excludes halogenated alkanes) is 96. The van der Waals surface area contributed by atoms with Crippen LogP contribution in [-0.4, -0.2) is 49.5 Å². The first-order valence-electron chi connectivity index (χ1n) is 66.3. The second kappa shape index (κ2) is 110. The molecule has 147 heavy (non-hydrogen) atoms. The van der Waals surface area contributed by atoms with Gasteiger partial charge in [0.15, 0.2) is 5.82 Å². The minimum absolute atomic E-state index is 0.599. The summed E-state index contributed by atoms with van der Waals surface area (Å²) < 4.78 is 0. The van der Waals surface area contributed by atoms with Crippen molar-refractivity contribution in [2.75, 3.05) is 45.2 Å². The Morgan fingerprint density at radius 2 is 0.306 bits per heavy atom. The molecule has 851 valence electrons. The SMILES string of the molecule is [CH2]c1ccc(-c2nc(Nc3cc(SCCCCCCCCCCCCCCCCCCC)c(SCCCCCCCCCCCCCCCCCCC)c(SCCCCCCCCCCCCCCCCCCC)c3)nc(Nc3cc(SCCCCCCCCCCCCCCCCCCC)c(SCCCCCCCCCCCCCCCCCCC)c(SCCCCCCCCCCCCCCCCCCC)c3)n2)cc1. The molecule has 4 aromatic rings. The first-order chi connectivity index (χ1) is 72.9. The van der Waals surface area contributed by atoms with Crippen molar-refractivity contribution in [3.8, 4) is 11.4 Å². The van der Waals surface area contributed by atoms with Gasteiger partial charge in [0.1, 0.15) is 0 Å². The quantitative estimate of drug-likeness (QED) is 0.0328. The van der Waals surface area contributed by atoms with E-state index in [9.17, 15) is 0 Å². The van der Waals surface area contributed by atoms with Gasteiger partial charge in [-0.05, 0) is 110 Å². The van der Waals surface area contributed by atoms with Gasteiger partial charge in [-0.25, -0.2) is 0 Å². The van der Waals surface area contributed by atoms with Gasteiger partial charge in [-0.15, -0.1) is 70.6 Å². The number of aromatic nitrogens is 3. The van der Waals surface area contributed by atoms with E-state index < -0.39 is 0 Å². The molecular formula is C136H246N5S6. The smallest absolute Gasteiger partial charge is 0.232 e. The van der Waals surface area contributed by atoms with Crippen LogP contribution in [0, 0.1) is 6.92 Å². The Balaban J connectivity index is 1.67. The van der Waals surface area contributed by atoms with Gasteiger partial charge in [-0.3, -0.25) is 0 Å². The largest absolute Gasteiger partial charge is 0.324 e. The van der Waals surface area contributed by atoms with Crippen molar-refractivity contribution in [1.29, 1.82) is 0 Å². The summed E-state index contributed by atoms with van der Waals surface area (Å²) in [6.07, 6.45) is 144. The monoisotopic (exact) mass is 2140 g/mol. The van der Waals surface area contributed by atoms with Crippen LogP contribution in [0.1, 0.15) is 702 Å². The molecule has 0 unspecified atom stereocenters. The predicted octanol–water partition coefficient (Wildman–Crippen LogP) is 51.7. The van der Waals surface area contributed by atoms with Crippen LogP contribution in [0.25, 0.3) is 11.4 Å². The lowest BCUT2D eigenvalue weighted by Gasteiger charge is -2.19. The third-order valence-electron chi connectivity index (χ3n) is 31.4. The lowest BCUT2D eigenvalue weighted by atomic mass is 10.0. The van der Waals surface area contributed by atoms with Crippen molar-refractivity contribution in [3.05, 3.63) is 61.0 Å². The molecule has 1 heterocycles. The van der Waals surface area contributed by atoms with Crippen molar-refractivity contribution in [1.82, 2.24) is 15.0 Å². The third-order valence-corrected chi connectivity index (χ3v) is 38.9. The van der Waals surface area contributed by atoms with E-state index in [0.717, 1.165) is 45.5 Å². The summed E-state index contributed by atoms with van der Waals surface area (Å²) in [7, 11) is 0. The number of nitrogens with zero attached hydrogens (tertiary/aromatic N) is 3. The molecule has 0 bridgehead atoms. The molecule has 1 aromatic heterocycles. The Hall–Kier alpha value is -1.63. The standard InChI is InChI=1S/C136H246N5S6/c1-8-14-20-26-32-38-44-50-56-62-68-74-80-86-92-98-104-114-142-128-120-126(121-129(143-115-105-99-93-87-81-75-69-63-57-51-45-39-33-27-21-15-9-2)132(128)146-118-108-102-96-90-84-78-72-66-60-54-48-42-36-30-24-18-12-5)137-135-139-134(125-112-110-124(7)111-113-125)140-136(141-135)138-127-122-130(144-116-106-100-94-88-82-76-70-64-58-52-46-40-34-28-22-16-10-3)133(147-119-109-103-97-91-85-79-73-67-61-55-49-43-37-31-25-19-13-6)131(123-127)145-117-107-101-95-89-83-77-71-65-59-53-47-41-35-29-23-17-11-4/h110-113,120-123H,7-109,114-119H2,1-6H3,(H2,137,138,139,140,141). The Morgan fingerprint density at radius 3 is 0.456 bits per heavy atom. The summed E-state index contributed by atoms with van der Waals surface area (Å²) in [6.45, 7) is 18.3. The maximum atomic E-state index is 5.50. The Bertz CT molecular complexity index is 3050. The van der Waals surface area contributed by atoms with Gasteiger partial charge in [0, 0.05) is 46.3 Å². The van der Waals surface area contributed by atoms with E-state index in [-0.39, 0.29) is 0 Å². The van der Waals surface area contributed by atoms with Crippen molar-refractivity contribution < 1.29 is 0 Å². The van der Waals surface area contributed by atoms with Crippen LogP contribution in [0.5, 0.6) is 0 Å². The molecule has 1 radical (unpaired) electrons. The molecule has 0 saturated heterocycles. The number of nitrogens with one attached hydrogen (secondary N) is 2. The summed E-state index contributed by atoms with van der Waals surface area (Å²) >= 11 is 12.9. The fourth-order valence-electron chi connectivity index (χ4n) is 21.6. The number of hydrogen-bond acceptors (Lipinski definition) is 11. The van der Waals surface area contributed by atoms with Crippen LogP contribution >= 0.6 is 70.6 Å². The van der Waals surface area contributed by atoms with E-state index in [2.05, 4.69) is 178 Å². The Labute approximate surface area is 944 Å². The molecule has 0 atom stereocenters. The van der Waals surface area contributed by atoms with Gasteiger partial charge >= 0.3 is 0 Å². The molecule has 0 aliphatic heterocycles. The van der Waals surface area contributed by atoms with Gasteiger partial charge in [0.25, 0.3) is 0 Å². The number of anilines is 4. The van der Waals surface area contributed by atoms with Crippen LogP contribution in [0.15, 0.2) is 77.9 Å². The number of benzene rings is 3. The lowest BCUT2D eigenvalue weighted by Crippen LogP contribution is -2.06. The maximum absolute atomic E-state index is 5.50. The second-order valence-electron chi connectivity index (χ2n) is 45.9. The molecule has 4 rings (SSSR count). The van der Waals surface area contributed by atoms with Crippen molar-refractivity contribution in [2.45, 2.75) is 726 Å². The molecule has 0 saturated carbocycles. The molecule has 0 amide bonds. The van der Waals surface area contributed by atoms with Crippen molar-refractivity contribution >= 4 is 93.8 Å².